The largest absolute Gasteiger partial charge is 0.388 e. The van der Waals surface area contributed by atoms with Crippen molar-refractivity contribution in [3.8, 4) is 0 Å². The summed E-state index contributed by atoms with van der Waals surface area (Å²) < 4.78 is 0. The number of rotatable bonds is 5. The standard InChI is InChI=1S/C12H26N2O/c1-11(2)13-9-12(3,15)10-14-7-5-4-6-8-14/h11,13,15H,4-10H2,1-3H3. The zero-order valence-corrected chi connectivity index (χ0v) is 10.4. The fraction of sp³-hybridized carbons (Fsp3) is 1.00. The maximum absolute atomic E-state index is 10.2. The van der Waals surface area contributed by atoms with Crippen LogP contribution in [0.5, 0.6) is 0 Å². The molecule has 15 heavy (non-hydrogen) atoms. The Bertz CT molecular complexity index is 174. The van der Waals surface area contributed by atoms with E-state index >= 15 is 0 Å². The van der Waals surface area contributed by atoms with Gasteiger partial charge in [-0.25, -0.2) is 0 Å². The van der Waals surface area contributed by atoms with Gasteiger partial charge in [-0.15, -0.1) is 0 Å². The first-order valence-electron chi connectivity index (χ1n) is 6.18. The maximum atomic E-state index is 10.2. The quantitative estimate of drug-likeness (QED) is 0.722. The highest BCUT2D eigenvalue weighted by atomic mass is 16.3. The molecule has 3 heteroatoms. The second-order valence-corrected chi connectivity index (χ2v) is 5.37. The maximum Gasteiger partial charge on any atom is 0.0869 e. The van der Waals surface area contributed by atoms with Crippen LogP contribution < -0.4 is 5.32 Å². The van der Waals surface area contributed by atoms with E-state index in [0.717, 1.165) is 19.6 Å². The zero-order chi connectivity index (χ0) is 11.3. The normalized spacial score (nSPS) is 23.0. The first kappa shape index (κ1) is 12.9. The summed E-state index contributed by atoms with van der Waals surface area (Å²) in [7, 11) is 0. The van der Waals surface area contributed by atoms with Crippen LogP contribution in [0.15, 0.2) is 0 Å². The predicted molar refractivity (Wildman–Crippen MR) is 64.1 cm³/mol. The summed E-state index contributed by atoms with van der Waals surface area (Å²) >= 11 is 0. The molecule has 1 saturated heterocycles. The molecule has 0 bridgehead atoms. The average Bonchev–Trinajstić information content (AvgIpc) is 2.16. The molecule has 1 rings (SSSR count). The highest BCUT2D eigenvalue weighted by Crippen LogP contribution is 2.13. The molecule has 2 N–H and O–H groups in total. The van der Waals surface area contributed by atoms with Crippen LogP contribution in [-0.2, 0) is 0 Å². The number of piperidine rings is 1. The summed E-state index contributed by atoms with van der Waals surface area (Å²) in [6, 6.07) is 0.442. The van der Waals surface area contributed by atoms with Gasteiger partial charge in [0, 0.05) is 19.1 Å². The lowest BCUT2D eigenvalue weighted by Crippen LogP contribution is -2.49. The third kappa shape index (κ3) is 5.50. The fourth-order valence-corrected chi connectivity index (χ4v) is 2.08. The lowest BCUT2D eigenvalue weighted by molar-refractivity contribution is 0.0135. The number of hydrogen-bond donors (Lipinski definition) is 2. The van der Waals surface area contributed by atoms with Crippen LogP contribution in [0.1, 0.15) is 40.0 Å². The van der Waals surface area contributed by atoms with Gasteiger partial charge in [-0.05, 0) is 32.9 Å². The van der Waals surface area contributed by atoms with Gasteiger partial charge in [-0.2, -0.15) is 0 Å². The van der Waals surface area contributed by atoms with Gasteiger partial charge in [-0.3, -0.25) is 0 Å². The molecule has 0 spiro atoms. The Morgan fingerprint density at radius 3 is 2.40 bits per heavy atom. The van der Waals surface area contributed by atoms with Crippen LogP contribution in [0, 0.1) is 0 Å². The minimum atomic E-state index is -0.596. The second-order valence-electron chi connectivity index (χ2n) is 5.37. The van der Waals surface area contributed by atoms with E-state index in [2.05, 4.69) is 24.1 Å². The Morgan fingerprint density at radius 2 is 1.87 bits per heavy atom. The highest BCUT2D eigenvalue weighted by molar-refractivity contribution is 4.81. The Morgan fingerprint density at radius 1 is 1.27 bits per heavy atom. The minimum Gasteiger partial charge on any atom is -0.388 e. The van der Waals surface area contributed by atoms with Gasteiger partial charge < -0.3 is 15.3 Å². The summed E-state index contributed by atoms with van der Waals surface area (Å²) in [6.45, 7) is 9.93. The van der Waals surface area contributed by atoms with Crippen molar-refractivity contribution in [3.05, 3.63) is 0 Å². The molecule has 1 aliphatic heterocycles. The van der Waals surface area contributed by atoms with Gasteiger partial charge in [0.25, 0.3) is 0 Å². The van der Waals surface area contributed by atoms with Crippen LogP contribution in [-0.4, -0.2) is 47.8 Å². The van der Waals surface area contributed by atoms with E-state index in [4.69, 9.17) is 0 Å². The number of nitrogens with zero attached hydrogens (tertiary/aromatic N) is 1. The Hall–Kier alpha value is -0.120. The van der Waals surface area contributed by atoms with Crippen molar-refractivity contribution >= 4 is 0 Å². The molecule has 0 aliphatic carbocycles. The van der Waals surface area contributed by atoms with Crippen molar-refractivity contribution in [1.82, 2.24) is 10.2 Å². The molecule has 1 fully saturated rings. The smallest absolute Gasteiger partial charge is 0.0869 e. The van der Waals surface area contributed by atoms with E-state index in [1.54, 1.807) is 0 Å². The van der Waals surface area contributed by atoms with E-state index in [1.165, 1.54) is 19.3 Å². The van der Waals surface area contributed by atoms with Gasteiger partial charge in [0.15, 0.2) is 0 Å². The zero-order valence-electron chi connectivity index (χ0n) is 10.4. The molecule has 0 amide bonds. The monoisotopic (exact) mass is 214 g/mol. The summed E-state index contributed by atoms with van der Waals surface area (Å²) in [5, 5.41) is 13.5. The van der Waals surface area contributed by atoms with E-state index in [0.29, 0.717) is 12.6 Å². The van der Waals surface area contributed by atoms with E-state index in [-0.39, 0.29) is 0 Å². The van der Waals surface area contributed by atoms with Gasteiger partial charge in [0.1, 0.15) is 0 Å². The number of nitrogens with one attached hydrogen (secondary N) is 1. The van der Waals surface area contributed by atoms with Gasteiger partial charge in [0.2, 0.25) is 0 Å². The third-order valence-electron chi connectivity index (χ3n) is 2.90. The minimum absolute atomic E-state index is 0.442. The third-order valence-corrected chi connectivity index (χ3v) is 2.90. The van der Waals surface area contributed by atoms with E-state index < -0.39 is 5.60 Å². The molecule has 1 atom stereocenters. The molecule has 3 nitrogen and oxygen atoms in total. The van der Waals surface area contributed by atoms with E-state index in [9.17, 15) is 5.11 Å². The SMILES string of the molecule is CC(C)NCC(C)(O)CN1CCCCC1. The van der Waals surface area contributed by atoms with Crippen molar-refractivity contribution in [1.29, 1.82) is 0 Å². The van der Waals surface area contributed by atoms with Crippen molar-refractivity contribution in [2.24, 2.45) is 0 Å². The number of hydrogen-bond acceptors (Lipinski definition) is 3. The Balaban J connectivity index is 2.26. The summed E-state index contributed by atoms with van der Waals surface area (Å²) in [5.74, 6) is 0. The fourth-order valence-electron chi connectivity index (χ4n) is 2.08. The first-order chi connectivity index (χ1) is 6.99. The molecule has 0 saturated carbocycles. The molecule has 1 aliphatic rings. The van der Waals surface area contributed by atoms with Crippen LogP contribution in [0.2, 0.25) is 0 Å². The molecule has 0 aromatic rings. The van der Waals surface area contributed by atoms with E-state index in [1.807, 2.05) is 6.92 Å². The van der Waals surface area contributed by atoms with Crippen LogP contribution in [0.25, 0.3) is 0 Å². The number of likely N-dealkylation sites (tertiary alicyclic amines) is 1. The molecule has 1 unspecified atom stereocenters. The van der Waals surface area contributed by atoms with Crippen LogP contribution in [0.3, 0.4) is 0 Å². The first-order valence-corrected chi connectivity index (χ1v) is 6.18. The van der Waals surface area contributed by atoms with Crippen LogP contribution >= 0.6 is 0 Å². The van der Waals surface area contributed by atoms with Crippen molar-refractivity contribution < 1.29 is 5.11 Å². The molecule has 1 heterocycles. The Kier molecular flexibility index (Phi) is 5.03. The highest BCUT2D eigenvalue weighted by Gasteiger charge is 2.24. The molecular weight excluding hydrogens is 188 g/mol. The molecule has 0 aromatic heterocycles. The molecule has 90 valence electrons. The van der Waals surface area contributed by atoms with Gasteiger partial charge in [-0.1, -0.05) is 20.3 Å². The summed E-state index contributed by atoms with van der Waals surface area (Å²) in [6.07, 6.45) is 3.92. The van der Waals surface area contributed by atoms with Gasteiger partial charge >= 0.3 is 0 Å². The lowest BCUT2D eigenvalue weighted by atomic mass is 10.0. The number of aliphatic hydroxyl groups is 1. The van der Waals surface area contributed by atoms with Gasteiger partial charge in [0.05, 0.1) is 5.60 Å². The molecule has 0 aromatic carbocycles. The predicted octanol–water partition coefficient (Wildman–Crippen LogP) is 1.22. The summed E-state index contributed by atoms with van der Waals surface area (Å²) in [4.78, 5) is 2.38. The number of β-amino-alcohol motifs (C(OH)–C–C–N with tert-alkyl or cyclic N) is 1. The van der Waals surface area contributed by atoms with Crippen molar-refractivity contribution in [3.63, 3.8) is 0 Å². The van der Waals surface area contributed by atoms with Crippen molar-refractivity contribution in [2.75, 3.05) is 26.2 Å². The van der Waals surface area contributed by atoms with Crippen molar-refractivity contribution in [2.45, 2.75) is 51.7 Å². The topological polar surface area (TPSA) is 35.5 Å². The molecule has 0 radical (unpaired) electrons. The Labute approximate surface area is 93.9 Å². The average molecular weight is 214 g/mol. The van der Waals surface area contributed by atoms with Crippen LogP contribution in [0.4, 0.5) is 0 Å². The molecular formula is C12H26N2O. The lowest BCUT2D eigenvalue weighted by Gasteiger charge is -2.34. The summed E-state index contributed by atoms with van der Waals surface area (Å²) in [5.41, 5.74) is -0.596. The second kappa shape index (κ2) is 5.83.